The monoisotopic (exact) mass is 634 g/mol. The Hall–Kier alpha value is -6.52. The molecular formula is C44H30N4. The van der Waals surface area contributed by atoms with Gasteiger partial charge in [-0.25, -0.2) is 9.97 Å². The van der Waals surface area contributed by atoms with Crippen LogP contribution in [0.25, 0.3) is 90.9 Å². The summed E-state index contributed by atoms with van der Waals surface area (Å²) in [5.41, 5.74) is -1.57. The number of benzene rings is 4. The van der Waals surface area contributed by atoms with Crippen molar-refractivity contribution in [2.24, 2.45) is 0 Å². The van der Waals surface area contributed by atoms with E-state index in [0.717, 1.165) is 0 Å². The van der Waals surface area contributed by atoms with Crippen LogP contribution < -0.4 is 0 Å². The van der Waals surface area contributed by atoms with E-state index in [1.807, 2.05) is 0 Å². The Balaban J connectivity index is 1.60. The normalized spacial score (nSPS) is 17.8. The van der Waals surface area contributed by atoms with Gasteiger partial charge in [-0.1, -0.05) is 121 Å². The molecule has 48 heavy (non-hydrogen) atoms. The summed E-state index contributed by atoms with van der Waals surface area (Å²) < 4.78 is 174. The van der Waals surface area contributed by atoms with E-state index in [-0.39, 0.29) is 89.4 Å². The van der Waals surface area contributed by atoms with Crippen LogP contribution >= 0.6 is 0 Å². The molecule has 0 atom stereocenters. The van der Waals surface area contributed by atoms with Crippen molar-refractivity contribution in [2.45, 2.75) is 0 Å². The average Bonchev–Trinajstić information content (AvgIpc) is 4.18. The fraction of sp³-hybridized carbons (Fsp3) is 0. The van der Waals surface area contributed by atoms with Crippen molar-refractivity contribution in [3.05, 3.63) is 168 Å². The molecule has 0 saturated carbocycles. The van der Waals surface area contributed by atoms with Crippen molar-refractivity contribution in [2.75, 3.05) is 0 Å². The third-order valence-electron chi connectivity index (χ3n) is 7.75. The molecule has 0 spiro atoms. The molecule has 2 N–H and O–H groups in total. The second kappa shape index (κ2) is 11.7. The minimum absolute atomic E-state index is 0.0310. The summed E-state index contributed by atoms with van der Waals surface area (Å²) in [7, 11) is 0. The molecule has 0 aliphatic carbocycles. The molecule has 4 aromatic carbocycles. The number of aromatic amines is 2. The summed E-state index contributed by atoms with van der Waals surface area (Å²) in [6, 6.07) is -7.37. The lowest BCUT2D eigenvalue weighted by molar-refractivity contribution is 1.28. The van der Waals surface area contributed by atoms with Gasteiger partial charge in [0.1, 0.15) is 0 Å². The van der Waals surface area contributed by atoms with Crippen molar-refractivity contribution in [3.8, 4) is 44.5 Å². The van der Waals surface area contributed by atoms with Gasteiger partial charge in [-0.2, -0.15) is 0 Å². The van der Waals surface area contributed by atoms with Gasteiger partial charge in [-0.15, -0.1) is 0 Å². The zero-order valence-electron chi connectivity index (χ0n) is 44.5. The first kappa shape index (κ1) is 14.1. The lowest BCUT2D eigenvalue weighted by atomic mass is 10.0. The average molecular weight is 635 g/mol. The van der Waals surface area contributed by atoms with Crippen LogP contribution in [0.1, 0.15) is 50.2 Å². The molecule has 226 valence electrons. The van der Waals surface area contributed by atoms with Crippen molar-refractivity contribution < 1.29 is 27.4 Å². The Morgan fingerprint density at radius 2 is 0.604 bits per heavy atom. The Kier molecular flexibility index (Phi) is 3.43. The Morgan fingerprint density at radius 1 is 0.333 bits per heavy atom. The van der Waals surface area contributed by atoms with Crippen molar-refractivity contribution in [1.82, 2.24) is 19.9 Å². The molecule has 2 aliphatic rings. The smallest absolute Gasteiger partial charge is 0.0738 e. The Labute approximate surface area is 306 Å². The van der Waals surface area contributed by atoms with Crippen LogP contribution in [-0.2, 0) is 0 Å². The summed E-state index contributed by atoms with van der Waals surface area (Å²) >= 11 is 0. The summed E-state index contributed by atoms with van der Waals surface area (Å²) in [4.78, 5) is 16.1. The van der Waals surface area contributed by atoms with Gasteiger partial charge in [0.15, 0.2) is 0 Å². The molecule has 0 unspecified atom stereocenters. The van der Waals surface area contributed by atoms with E-state index >= 15 is 0 Å². The third-order valence-corrected chi connectivity index (χ3v) is 7.75. The zero-order valence-corrected chi connectivity index (χ0v) is 24.5. The van der Waals surface area contributed by atoms with Crippen molar-refractivity contribution in [1.29, 1.82) is 0 Å². The number of rotatable bonds is 4. The van der Waals surface area contributed by atoms with Crippen LogP contribution in [0.3, 0.4) is 0 Å². The van der Waals surface area contributed by atoms with Crippen molar-refractivity contribution >= 4 is 46.4 Å². The maximum atomic E-state index is 9.05. The molecule has 9 rings (SSSR count). The van der Waals surface area contributed by atoms with Crippen molar-refractivity contribution in [3.63, 3.8) is 0 Å². The van der Waals surface area contributed by atoms with E-state index in [0.29, 0.717) is 0 Å². The molecule has 0 fully saturated rings. The van der Waals surface area contributed by atoms with Gasteiger partial charge in [0, 0.05) is 44.3 Å². The molecule has 8 bridgehead atoms. The standard InChI is InChI=1S/C44H30N4/c1-5-13-29(14-6-1)41-33-21-23-35(45-33)42(30-15-7-2-8-16-30)37-25-27-39(47-37)44(32-19-11-4-12-20-32)40-28-26-38(48-40)43(31-17-9-3-10-18-31)36-24-22-34(41)46-36/h1-28,45-46H/i1D,2D,3D,4D,5D,6D,7D,8D,9D,10D,11D,12D,13D,14D,15D,16D,17D,18D,19D,20D. The number of H-pyrrole nitrogens is 2. The molecule has 4 nitrogen and oxygen atoms in total. The second-order valence-corrected chi connectivity index (χ2v) is 10.5. The Bertz CT molecular complexity index is 3420. The molecule has 4 heteroatoms. The van der Waals surface area contributed by atoms with Gasteiger partial charge in [-0.05, 0) is 70.8 Å². The molecular weight excluding hydrogens is 585 g/mol. The number of hydrogen-bond acceptors (Lipinski definition) is 2. The van der Waals surface area contributed by atoms with Gasteiger partial charge >= 0.3 is 0 Å². The first-order chi connectivity index (χ1) is 32.1. The SMILES string of the molecule is [2H]c1c([2H])c([2H])c(-c2c3nc(c(-c4c([2H])c([2H])c([2H])c([2H])c4[2H])c4ccc([nH]4)c(-c4c([2H])c([2H])c([2H])c([2H])c4[2H])c4ccc([nH]4)c(-c4c([2H])c([2H])c([2H])c([2H])c4[2H])c4nc2C=C4)C=C3)c([2H])c1[2H]. The van der Waals surface area contributed by atoms with Gasteiger partial charge < -0.3 is 9.97 Å². The van der Waals surface area contributed by atoms with Gasteiger partial charge in [0.05, 0.1) is 50.2 Å². The van der Waals surface area contributed by atoms with Gasteiger partial charge in [0.2, 0.25) is 0 Å². The number of hydrogen-bond donors (Lipinski definition) is 2. The zero-order chi connectivity index (χ0) is 49.3. The number of fused-ring (bicyclic) bond motifs is 8. The largest absolute Gasteiger partial charge is 0.354 e. The molecule has 7 aromatic rings. The fourth-order valence-electron chi connectivity index (χ4n) is 5.76. The number of nitrogens with zero attached hydrogens (tertiary/aromatic N) is 2. The minimum atomic E-state index is -0.694. The summed E-state index contributed by atoms with van der Waals surface area (Å²) in [5, 5.41) is 0. The van der Waals surface area contributed by atoms with E-state index in [4.69, 9.17) is 37.4 Å². The highest BCUT2D eigenvalue weighted by Crippen LogP contribution is 2.38. The van der Waals surface area contributed by atoms with Crippen LogP contribution in [0.15, 0.2) is 145 Å². The maximum Gasteiger partial charge on any atom is 0.0738 e. The molecule has 5 heterocycles. The molecule has 0 saturated heterocycles. The Morgan fingerprint density at radius 3 is 0.958 bits per heavy atom. The molecule has 0 amide bonds. The van der Waals surface area contributed by atoms with Crippen LogP contribution in [0.2, 0.25) is 0 Å². The predicted octanol–water partition coefficient (Wildman–Crippen LogP) is 11.3. The minimum Gasteiger partial charge on any atom is -0.354 e. The molecule has 2 aliphatic heterocycles. The maximum absolute atomic E-state index is 9.05. The van der Waals surface area contributed by atoms with Gasteiger partial charge in [-0.3, -0.25) is 0 Å². The van der Waals surface area contributed by atoms with E-state index in [9.17, 15) is 0 Å². The summed E-state index contributed by atoms with van der Waals surface area (Å²) in [6.07, 6.45) is 5.67. The highest BCUT2D eigenvalue weighted by atomic mass is 14.8. The highest BCUT2D eigenvalue weighted by molar-refractivity contribution is 6.00. The first-order valence-electron chi connectivity index (χ1n) is 24.5. The van der Waals surface area contributed by atoms with Crippen LogP contribution in [0.4, 0.5) is 0 Å². The fourth-order valence-corrected chi connectivity index (χ4v) is 5.76. The number of aromatic nitrogens is 4. The lowest BCUT2D eigenvalue weighted by Gasteiger charge is -2.07. The van der Waals surface area contributed by atoms with Crippen LogP contribution in [0.5, 0.6) is 0 Å². The molecule has 0 radical (unpaired) electrons. The quantitative estimate of drug-likeness (QED) is 0.202. The van der Waals surface area contributed by atoms with E-state index in [2.05, 4.69) is 9.97 Å². The highest BCUT2D eigenvalue weighted by Gasteiger charge is 2.19. The summed E-state index contributed by atoms with van der Waals surface area (Å²) in [5.74, 6) is 0. The van der Waals surface area contributed by atoms with Crippen LogP contribution in [0, 0.1) is 0 Å². The third kappa shape index (κ3) is 4.88. The van der Waals surface area contributed by atoms with Crippen LogP contribution in [-0.4, -0.2) is 19.9 Å². The van der Waals surface area contributed by atoms with E-state index in [1.54, 1.807) is 0 Å². The summed E-state index contributed by atoms with van der Waals surface area (Å²) in [6.45, 7) is 0. The second-order valence-electron chi connectivity index (χ2n) is 10.5. The lowest BCUT2D eigenvalue weighted by Crippen LogP contribution is -1.91. The topological polar surface area (TPSA) is 57.4 Å². The van der Waals surface area contributed by atoms with E-state index in [1.165, 1.54) is 48.6 Å². The predicted molar refractivity (Wildman–Crippen MR) is 201 cm³/mol. The van der Waals surface area contributed by atoms with E-state index < -0.39 is 121 Å². The van der Waals surface area contributed by atoms with Gasteiger partial charge in [0.25, 0.3) is 0 Å². The first-order valence-corrected chi connectivity index (χ1v) is 14.5. The number of nitrogens with one attached hydrogen (secondary N) is 2. The molecule has 3 aromatic heterocycles.